The van der Waals surface area contributed by atoms with Crippen LogP contribution in [0.1, 0.15) is 11.1 Å². The molecule has 0 fully saturated rings. The molecule has 4 aromatic rings. The Morgan fingerprint density at radius 3 is 2.42 bits per heavy atom. The molecule has 1 aromatic heterocycles. The number of ether oxygens (including phenoxy) is 2. The fourth-order valence-corrected chi connectivity index (χ4v) is 3.20. The van der Waals surface area contributed by atoms with Crippen molar-refractivity contribution in [1.29, 1.82) is 0 Å². The molecule has 0 bridgehead atoms. The average Bonchev–Trinajstić information content (AvgIpc) is 2.81. The molecule has 0 radical (unpaired) electrons. The first-order chi connectivity index (χ1) is 15.2. The van der Waals surface area contributed by atoms with Crippen molar-refractivity contribution in [1.82, 2.24) is 9.78 Å². The first-order valence-electron chi connectivity index (χ1n) is 10.1. The van der Waals surface area contributed by atoms with E-state index in [0.717, 1.165) is 22.3 Å². The largest absolute Gasteiger partial charge is 0.489 e. The van der Waals surface area contributed by atoms with E-state index >= 15 is 0 Å². The van der Waals surface area contributed by atoms with E-state index in [1.54, 1.807) is 12.3 Å². The second-order valence-corrected chi connectivity index (χ2v) is 7.08. The highest BCUT2D eigenvalue weighted by atomic mass is 16.5. The van der Waals surface area contributed by atoms with E-state index < -0.39 is 0 Å². The van der Waals surface area contributed by atoms with Gasteiger partial charge in [0, 0.05) is 5.39 Å². The molecule has 0 saturated heterocycles. The Bertz CT molecular complexity index is 1220. The van der Waals surface area contributed by atoms with Gasteiger partial charge in [-0.05, 0) is 29.3 Å². The summed E-state index contributed by atoms with van der Waals surface area (Å²) in [5.41, 5.74) is 1.73. The lowest BCUT2D eigenvalue weighted by atomic mass is 10.1. The van der Waals surface area contributed by atoms with E-state index in [1.807, 2.05) is 72.8 Å². The van der Waals surface area contributed by atoms with Crippen LogP contribution >= 0.6 is 0 Å². The molecule has 0 aliphatic carbocycles. The zero-order valence-corrected chi connectivity index (χ0v) is 16.9. The number of hydrogen-bond donors (Lipinski definition) is 0. The molecular weight excluding hydrogens is 392 g/mol. The smallest absolute Gasteiger partial charge is 0.310 e. The third-order valence-corrected chi connectivity index (χ3v) is 4.85. The van der Waals surface area contributed by atoms with Crippen LogP contribution in [0.3, 0.4) is 0 Å². The third-order valence-electron chi connectivity index (χ3n) is 4.85. The van der Waals surface area contributed by atoms with Crippen LogP contribution in [0, 0.1) is 0 Å². The third kappa shape index (κ3) is 5.36. The topological polar surface area (TPSA) is 70.4 Å². The van der Waals surface area contributed by atoms with E-state index in [2.05, 4.69) is 5.10 Å². The number of carbonyl (C=O) groups excluding carboxylic acids is 1. The van der Waals surface area contributed by atoms with Gasteiger partial charge < -0.3 is 9.47 Å². The summed E-state index contributed by atoms with van der Waals surface area (Å²) in [6.45, 7) is 0.786. The van der Waals surface area contributed by atoms with Crippen LogP contribution in [-0.2, 0) is 29.1 Å². The number of fused-ring (bicyclic) bond motifs is 1. The highest BCUT2D eigenvalue weighted by Gasteiger charge is 2.08. The second kappa shape index (κ2) is 9.71. The maximum Gasteiger partial charge on any atom is 0.310 e. The first kappa shape index (κ1) is 20.3. The molecule has 6 heteroatoms. The summed E-state index contributed by atoms with van der Waals surface area (Å²) < 4.78 is 12.3. The van der Waals surface area contributed by atoms with Gasteiger partial charge in [-0.15, -0.1) is 0 Å². The van der Waals surface area contributed by atoms with Crippen molar-refractivity contribution in [2.45, 2.75) is 19.6 Å². The van der Waals surface area contributed by atoms with E-state index in [1.165, 1.54) is 4.68 Å². The summed E-state index contributed by atoms with van der Waals surface area (Å²) in [5, 5.41) is 5.52. The Labute approximate surface area is 179 Å². The van der Waals surface area contributed by atoms with Gasteiger partial charge in [0.15, 0.2) is 0 Å². The van der Waals surface area contributed by atoms with Gasteiger partial charge in [0.1, 0.15) is 19.0 Å². The fourth-order valence-electron chi connectivity index (χ4n) is 3.20. The minimum atomic E-state index is -0.355. The van der Waals surface area contributed by atoms with Crippen LogP contribution < -0.4 is 10.3 Å². The lowest BCUT2D eigenvalue weighted by molar-refractivity contribution is -0.143. The quantitative estimate of drug-likeness (QED) is 0.411. The Kier molecular flexibility index (Phi) is 6.38. The van der Waals surface area contributed by atoms with Crippen LogP contribution in [0.25, 0.3) is 10.8 Å². The molecule has 0 spiro atoms. The Hall–Kier alpha value is -3.93. The van der Waals surface area contributed by atoms with Crippen LogP contribution in [0.15, 0.2) is 89.9 Å². The number of rotatable bonds is 8. The number of carbonyl (C=O) groups is 1. The summed E-state index contributed by atoms with van der Waals surface area (Å²) in [4.78, 5) is 24.6. The minimum Gasteiger partial charge on any atom is -0.489 e. The molecular formula is C25H22N2O4. The van der Waals surface area contributed by atoms with Crippen LogP contribution in [0.5, 0.6) is 5.75 Å². The average molecular weight is 414 g/mol. The van der Waals surface area contributed by atoms with Gasteiger partial charge in [-0.2, -0.15) is 5.10 Å². The number of hydrogen-bond acceptors (Lipinski definition) is 5. The van der Waals surface area contributed by atoms with Crippen molar-refractivity contribution in [2.75, 3.05) is 6.61 Å². The van der Waals surface area contributed by atoms with Gasteiger partial charge in [-0.25, -0.2) is 4.68 Å². The SMILES string of the molecule is O=C(Cc1ccc(OCc2ccccc2)cc1)OCCn1ncc2ccccc2c1=O. The molecule has 0 unspecified atom stereocenters. The normalized spacial score (nSPS) is 10.7. The number of benzene rings is 3. The van der Waals surface area contributed by atoms with Gasteiger partial charge in [-0.1, -0.05) is 60.7 Å². The van der Waals surface area contributed by atoms with Crippen molar-refractivity contribution in [3.63, 3.8) is 0 Å². The summed E-state index contributed by atoms with van der Waals surface area (Å²) in [6, 6.07) is 24.6. The van der Waals surface area contributed by atoms with E-state index in [-0.39, 0.29) is 31.1 Å². The van der Waals surface area contributed by atoms with E-state index in [9.17, 15) is 9.59 Å². The van der Waals surface area contributed by atoms with Crippen molar-refractivity contribution >= 4 is 16.7 Å². The fraction of sp³-hybridized carbons (Fsp3) is 0.160. The molecule has 31 heavy (non-hydrogen) atoms. The molecule has 0 atom stereocenters. The highest BCUT2D eigenvalue weighted by molar-refractivity contribution is 5.80. The molecule has 1 heterocycles. The van der Waals surface area contributed by atoms with Gasteiger partial charge in [0.2, 0.25) is 0 Å². The lowest BCUT2D eigenvalue weighted by Gasteiger charge is -2.09. The van der Waals surface area contributed by atoms with Crippen molar-refractivity contribution in [2.24, 2.45) is 0 Å². The molecule has 0 aliphatic heterocycles. The Morgan fingerprint density at radius 1 is 0.871 bits per heavy atom. The van der Waals surface area contributed by atoms with Gasteiger partial charge >= 0.3 is 5.97 Å². The van der Waals surface area contributed by atoms with E-state index in [0.29, 0.717) is 12.0 Å². The minimum absolute atomic E-state index is 0.0857. The molecule has 0 saturated carbocycles. The monoisotopic (exact) mass is 414 g/mol. The number of esters is 1. The van der Waals surface area contributed by atoms with Crippen molar-refractivity contribution in [3.8, 4) is 5.75 Å². The van der Waals surface area contributed by atoms with E-state index in [4.69, 9.17) is 9.47 Å². The summed E-state index contributed by atoms with van der Waals surface area (Å²) in [7, 11) is 0. The van der Waals surface area contributed by atoms with Crippen LogP contribution in [-0.4, -0.2) is 22.4 Å². The van der Waals surface area contributed by atoms with Crippen LogP contribution in [0.2, 0.25) is 0 Å². The van der Waals surface area contributed by atoms with Crippen molar-refractivity contribution < 1.29 is 14.3 Å². The second-order valence-electron chi connectivity index (χ2n) is 7.08. The highest BCUT2D eigenvalue weighted by Crippen LogP contribution is 2.15. The van der Waals surface area contributed by atoms with Gasteiger partial charge in [0.05, 0.1) is 24.5 Å². The van der Waals surface area contributed by atoms with Gasteiger partial charge in [-0.3, -0.25) is 9.59 Å². The molecule has 0 aliphatic rings. The predicted octanol–water partition coefficient (Wildman–Crippen LogP) is 3.76. The van der Waals surface area contributed by atoms with Gasteiger partial charge in [0.25, 0.3) is 5.56 Å². The molecule has 0 amide bonds. The predicted molar refractivity (Wildman–Crippen MR) is 118 cm³/mol. The maximum absolute atomic E-state index is 12.4. The van der Waals surface area contributed by atoms with Crippen molar-refractivity contribution in [3.05, 3.63) is 107 Å². The first-order valence-corrected chi connectivity index (χ1v) is 10.1. The lowest BCUT2D eigenvalue weighted by Crippen LogP contribution is -2.25. The number of nitrogens with zero attached hydrogens (tertiary/aromatic N) is 2. The standard InChI is InChI=1S/C25H22N2O4/c28-24(30-15-14-27-25(29)23-9-5-4-8-21(23)17-26-27)16-19-10-12-22(13-11-19)31-18-20-6-2-1-3-7-20/h1-13,17H,14-16,18H2. The molecule has 156 valence electrons. The Balaban J connectivity index is 1.25. The molecule has 6 nitrogen and oxygen atoms in total. The number of aromatic nitrogens is 2. The zero-order chi connectivity index (χ0) is 21.5. The summed E-state index contributed by atoms with van der Waals surface area (Å²) in [5.74, 6) is 0.384. The summed E-state index contributed by atoms with van der Waals surface area (Å²) >= 11 is 0. The molecule has 3 aromatic carbocycles. The summed E-state index contributed by atoms with van der Waals surface area (Å²) in [6.07, 6.45) is 1.79. The maximum atomic E-state index is 12.4. The molecule has 4 rings (SSSR count). The zero-order valence-electron chi connectivity index (χ0n) is 16.9. The Morgan fingerprint density at radius 2 is 1.61 bits per heavy atom. The van der Waals surface area contributed by atoms with Crippen LogP contribution in [0.4, 0.5) is 0 Å². The molecule has 0 N–H and O–H groups in total.